The minimum absolute atomic E-state index is 0.110. The Hall–Kier alpha value is -0.860. The van der Waals surface area contributed by atoms with Gasteiger partial charge in [0.05, 0.1) is 12.7 Å². The molecule has 1 aliphatic rings. The van der Waals surface area contributed by atoms with Gasteiger partial charge in [-0.2, -0.15) is 0 Å². The molecule has 2 heteroatoms. The molecule has 0 aliphatic carbocycles. The van der Waals surface area contributed by atoms with Gasteiger partial charge in [0.1, 0.15) is 6.10 Å². The molecule has 1 N–H and O–H groups in total. The van der Waals surface area contributed by atoms with E-state index in [1.807, 2.05) is 25.1 Å². The van der Waals surface area contributed by atoms with Crippen LogP contribution in [0.2, 0.25) is 0 Å². The smallest absolute Gasteiger partial charge is 0.109 e. The molecule has 0 saturated carbocycles. The quantitative estimate of drug-likeness (QED) is 0.750. The van der Waals surface area contributed by atoms with Crippen LogP contribution < -0.4 is 0 Å². The summed E-state index contributed by atoms with van der Waals surface area (Å²) in [7, 11) is 0. The van der Waals surface area contributed by atoms with E-state index in [9.17, 15) is 5.11 Å². The molecule has 2 unspecified atom stereocenters. The molecule has 1 heterocycles. The first-order valence-corrected chi connectivity index (χ1v) is 4.70. The highest BCUT2D eigenvalue weighted by Gasteiger charge is 2.27. The van der Waals surface area contributed by atoms with Gasteiger partial charge in [-0.3, -0.25) is 0 Å². The minimum Gasteiger partial charge on any atom is -0.390 e. The summed E-state index contributed by atoms with van der Waals surface area (Å²) in [4.78, 5) is 0. The van der Waals surface area contributed by atoms with Crippen LogP contribution >= 0.6 is 0 Å². The third-order valence-electron chi connectivity index (χ3n) is 2.55. The summed E-state index contributed by atoms with van der Waals surface area (Å²) < 4.78 is 5.53. The zero-order chi connectivity index (χ0) is 9.26. The number of aliphatic hydroxyl groups excluding tert-OH is 1. The molecular weight excluding hydrogens is 164 g/mol. The average molecular weight is 178 g/mol. The lowest BCUT2D eigenvalue weighted by Crippen LogP contribution is -2.16. The molecule has 2 nitrogen and oxygen atoms in total. The van der Waals surface area contributed by atoms with Crippen molar-refractivity contribution in [2.75, 3.05) is 0 Å². The van der Waals surface area contributed by atoms with Crippen LogP contribution in [0.4, 0.5) is 0 Å². The Morgan fingerprint density at radius 3 is 3.08 bits per heavy atom. The van der Waals surface area contributed by atoms with Crippen molar-refractivity contribution in [2.45, 2.75) is 32.2 Å². The predicted octanol–water partition coefficient (Wildman–Crippen LogP) is 2.03. The van der Waals surface area contributed by atoms with E-state index in [1.165, 1.54) is 5.56 Å². The summed E-state index contributed by atoms with van der Waals surface area (Å²) in [5, 5.41) is 9.68. The molecule has 0 aromatic heterocycles. The molecule has 0 radical (unpaired) electrons. The number of aliphatic hydroxyl groups is 1. The van der Waals surface area contributed by atoms with Gasteiger partial charge < -0.3 is 9.84 Å². The van der Waals surface area contributed by atoms with Crippen LogP contribution in [-0.4, -0.2) is 11.2 Å². The van der Waals surface area contributed by atoms with Crippen LogP contribution in [0.1, 0.15) is 30.6 Å². The topological polar surface area (TPSA) is 29.5 Å². The van der Waals surface area contributed by atoms with Gasteiger partial charge in [-0.1, -0.05) is 31.2 Å². The van der Waals surface area contributed by atoms with E-state index in [0.717, 1.165) is 12.0 Å². The monoisotopic (exact) mass is 178 g/mol. The second-order valence-electron chi connectivity index (χ2n) is 3.41. The molecule has 70 valence electrons. The van der Waals surface area contributed by atoms with Crippen LogP contribution in [0.3, 0.4) is 0 Å². The number of rotatable bonds is 2. The third-order valence-corrected chi connectivity index (χ3v) is 2.55. The standard InChI is InChI=1S/C11H14O2/c1-2-10(12)11-9-6-4-3-5-8(9)7-13-11/h3-6,10-12H,2,7H2,1H3. The van der Waals surface area contributed by atoms with Crippen LogP contribution in [-0.2, 0) is 11.3 Å². The molecule has 1 aromatic carbocycles. The Morgan fingerprint density at radius 2 is 2.31 bits per heavy atom. The first kappa shape index (κ1) is 8.73. The van der Waals surface area contributed by atoms with Crippen molar-refractivity contribution >= 4 is 0 Å². The molecule has 0 bridgehead atoms. The van der Waals surface area contributed by atoms with Crippen LogP contribution in [0.5, 0.6) is 0 Å². The zero-order valence-electron chi connectivity index (χ0n) is 7.73. The SMILES string of the molecule is CCC(O)C1OCc2ccccc21. The van der Waals surface area contributed by atoms with Gasteiger partial charge in [0.25, 0.3) is 0 Å². The van der Waals surface area contributed by atoms with E-state index in [4.69, 9.17) is 4.74 Å². The number of benzene rings is 1. The van der Waals surface area contributed by atoms with Crippen molar-refractivity contribution in [1.29, 1.82) is 0 Å². The summed E-state index contributed by atoms with van der Waals surface area (Å²) in [5.41, 5.74) is 2.36. The third kappa shape index (κ3) is 1.47. The normalized spacial score (nSPS) is 22.8. The summed E-state index contributed by atoms with van der Waals surface area (Å²) in [5.74, 6) is 0. The molecule has 13 heavy (non-hydrogen) atoms. The molecule has 0 amide bonds. The van der Waals surface area contributed by atoms with Crippen LogP contribution in [0, 0.1) is 0 Å². The molecule has 1 aliphatic heterocycles. The van der Waals surface area contributed by atoms with Crippen molar-refractivity contribution in [2.24, 2.45) is 0 Å². The Bertz CT molecular complexity index is 296. The maximum absolute atomic E-state index is 9.68. The molecule has 2 atom stereocenters. The first-order valence-electron chi connectivity index (χ1n) is 4.70. The van der Waals surface area contributed by atoms with Gasteiger partial charge in [-0.05, 0) is 17.5 Å². The van der Waals surface area contributed by atoms with Gasteiger partial charge in [0.15, 0.2) is 0 Å². The van der Waals surface area contributed by atoms with Crippen molar-refractivity contribution in [3.05, 3.63) is 35.4 Å². The zero-order valence-corrected chi connectivity index (χ0v) is 7.73. The van der Waals surface area contributed by atoms with Gasteiger partial charge in [-0.25, -0.2) is 0 Å². The molecule has 0 fully saturated rings. The number of hydrogen-bond acceptors (Lipinski definition) is 2. The lowest BCUT2D eigenvalue weighted by molar-refractivity contribution is -0.0310. The average Bonchev–Trinajstić information content (AvgIpc) is 2.60. The van der Waals surface area contributed by atoms with E-state index < -0.39 is 0 Å². The summed E-state index contributed by atoms with van der Waals surface area (Å²) in [6.07, 6.45) is 0.253. The fourth-order valence-corrected chi connectivity index (χ4v) is 1.74. The Labute approximate surface area is 78.2 Å². The number of ether oxygens (including phenoxy) is 1. The summed E-state index contributed by atoms with van der Waals surface area (Å²) in [6.45, 7) is 2.60. The maximum Gasteiger partial charge on any atom is 0.109 e. The van der Waals surface area contributed by atoms with Crippen molar-refractivity contribution < 1.29 is 9.84 Å². The highest BCUT2D eigenvalue weighted by atomic mass is 16.5. The predicted molar refractivity (Wildman–Crippen MR) is 50.3 cm³/mol. The molecule has 0 spiro atoms. The van der Waals surface area contributed by atoms with Crippen molar-refractivity contribution in [3.8, 4) is 0 Å². The Kier molecular flexibility index (Phi) is 2.34. The fourth-order valence-electron chi connectivity index (χ4n) is 1.74. The van der Waals surface area contributed by atoms with Gasteiger partial charge >= 0.3 is 0 Å². The summed E-state index contributed by atoms with van der Waals surface area (Å²) in [6, 6.07) is 8.08. The molecule has 1 aromatic rings. The van der Waals surface area contributed by atoms with E-state index in [1.54, 1.807) is 0 Å². The van der Waals surface area contributed by atoms with E-state index in [0.29, 0.717) is 6.61 Å². The molecule has 0 saturated heterocycles. The van der Waals surface area contributed by atoms with E-state index in [-0.39, 0.29) is 12.2 Å². The molecular formula is C11H14O2. The first-order chi connectivity index (χ1) is 6.33. The highest BCUT2D eigenvalue weighted by molar-refractivity contribution is 5.32. The maximum atomic E-state index is 9.68. The largest absolute Gasteiger partial charge is 0.390 e. The van der Waals surface area contributed by atoms with Crippen LogP contribution in [0.15, 0.2) is 24.3 Å². The van der Waals surface area contributed by atoms with Gasteiger partial charge in [-0.15, -0.1) is 0 Å². The second-order valence-corrected chi connectivity index (χ2v) is 3.41. The lowest BCUT2D eigenvalue weighted by Gasteiger charge is -2.16. The van der Waals surface area contributed by atoms with Crippen molar-refractivity contribution in [3.63, 3.8) is 0 Å². The highest BCUT2D eigenvalue weighted by Crippen LogP contribution is 2.33. The fraction of sp³-hybridized carbons (Fsp3) is 0.455. The minimum atomic E-state index is -0.372. The van der Waals surface area contributed by atoms with Gasteiger partial charge in [0, 0.05) is 0 Å². The van der Waals surface area contributed by atoms with E-state index in [2.05, 4.69) is 6.07 Å². The number of hydrogen-bond donors (Lipinski definition) is 1. The Morgan fingerprint density at radius 1 is 1.54 bits per heavy atom. The number of fused-ring (bicyclic) bond motifs is 1. The van der Waals surface area contributed by atoms with E-state index >= 15 is 0 Å². The summed E-state index contributed by atoms with van der Waals surface area (Å²) >= 11 is 0. The van der Waals surface area contributed by atoms with Crippen molar-refractivity contribution in [1.82, 2.24) is 0 Å². The Balaban J connectivity index is 2.28. The molecule has 2 rings (SSSR count). The van der Waals surface area contributed by atoms with Crippen LogP contribution in [0.25, 0.3) is 0 Å². The van der Waals surface area contributed by atoms with Gasteiger partial charge in [0.2, 0.25) is 0 Å². The second kappa shape index (κ2) is 3.48. The lowest BCUT2D eigenvalue weighted by atomic mass is 10.0.